The minimum absolute atomic E-state index is 0.0286. The number of nitrogens with zero attached hydrogens (tertiary/aromatic N) is 1. The molecule has 0 aliphatic rings. The van der Waals surface area contributed by atoms with E-state index in [9.17, 15) is 0 Å². The third kappa shape index (κ3) is 2.89. The molecular weight excluding hydrogens is 264 g/mol. The van der Waals surface area contributed by atoms with Crippen molar-refractivity contribution in [3.8, 4) is 22.8 Å². The zero-order valence-electron chi connectivity index (χ0n) is 13.7. The molecule has 1 aromatic carbocycles. The summed E-state index contributed by atoms with van der Waals surface area (Å²) in [5.41, 5.74) is 4.50. The lowest BCUT2D eigenvalue weighted by atomic mass is 9.83. The Balaban J connectivity index is 2.60. The molecule has 0 saturated heterocycles. The molecule has 0 spiro atoms. The molecule has 2 rings (SSSR count). The molecule has 0 fully saturated rings. The maximum atomic E-state index is 5.39. The molecule has 4 nitrogen and oxygen atoms in total. The average Bonchev–Trinajstić information content (AvgIpc) is 2.90. The maximum absolute atomic E-state index is 5.39. The van der Waals surface area contributed by atoms with E-state index >= 15 is 0 Å². The van der Waals surface area contributed by atoms with Crippen LogP contribution in [0, 0.1) is 0 Å². The van der Waals surface area contributed by atoms with Crippen molar-refractivity contribution in [1.29, 1.82) is 0 Å². The van der Waals surface area contributed by atoms with Gasteiger partial charge in [-0.1, -0.05) is 27.7 Å². The first-order valence-corrected chi connectivity index (χ1v) is 7.22. The molecule has 4 heteroatoms. The van der Waals surface area contributed by atoms with E-state index < -0.39 is 0 Å². The Morgan fingerprint density at radius 3 is 2.29 bits per heavy atom. The van der Waals surface area contributed by atoms with E-state index in [0.717, 1.165) is 29.2 Å². The Morgan fingerprint density at radius 1 is 1.10 bits per heavy atom. The van der Waals surface area contributed by atoms with Gasteiger partial charge in [0.1, 0.15) is 0 Å². The van der Waals surface area contributed by atoms with Crippen molar-refractivity contribution in [1.82, 2.24) is 10.2 Å². The summed E-state index contributed by atoms with van der Waals surface area (Å²) in [7, 11) is 3.29. The molecule has 1 heterocycles. The van der Waals surface area contributed by atoms with Gasteiger partial charge in [-0.25, -0.2) is 0 Å². The number of aromatic amines is 1. The van der Waals surface area contributed by atoms with E-state index in [1.165, 1.54) is 11.3 Å². The number of methoxy groups -OCH3 is 2. The van der Waals surface area contributed by atoms with E-state index in [4.69, 9.17) is 9.47 Å². The van der Waals surface area contributed by atoms with Crippen LogP contribution in [0.25, 0.3) is 11.3 Å². The van der Waals surface area contributed by atoms with Crippen LogP contribution in [0.1, 0.15) is 39.0 Å². The number of benzene rings is 1. The fourth-order valence-electron chi connectivity index (χ4n) is 2.63. The van der Waals surface area contributed by atoms with Gasteiger partial charge < -0.3 is 9.47 Å². The second kappa shape index (κ2) is 5.80. The van der Waals surface area contributed by atoms with Gasteiger partial charge in [0.2, 0.25) is 0 Å². The highest BCUT2D eigenvalue weighted by molar-refractivity contribution is 5.69. The molecule has 0 saturated carbocycles. The monoisotopic (exact) mass is 288 g/mol. The smallest absolute Gasteiger partial charge is 0.161 e. The minimum Gasteiger partial charge on any atom is -0.493 e. The molecule has 1 aromatic heterocycles. The highest BCUT2D eigenvalue weighted by Gasteiger charge is 2.25. The molecule has 0 radical (unpaired) electrons. The SMILES string of the molecule is CCc1[nH]nc(-c2ccc(OC)c(OC)c2)c1C(C)(C)C. The molecule has 2 aromatic rings. The standard InChI is InChI=1S/C17H24N2O2/c1-7-12-15(17(2,3)4)16(19-18-12)11-8-9-13(20-5)14(10-11)21-6/h8-10H,7H2,1-6H3,(H,18,19). The Hall–Kier alpha value is -1.97. The molecule has 0 bridgehead atoms. The molecule has 21 heavy (non-hydrogen) atoms. The van der Waals surface area contributed by atoms with Crippen molar-refractivity contribution in [2.45, 2.75) is 39.5 Å². The van der Waals surface area contributed by atoms with Crippen LogP contribution in [-0.4, -0.2) is 24.4 Å². The molecular formula is C17H24N2O2. The second-order valence-corrected chi connectivity index (χ2v) is 6.10. The van der Waals surface area contributed by atoms with Crippen molar-refractivity contribution in [2.24, 2.45) is 0 Å². The number of aryl methyl sites for hydroxylation is 1. The second-order valence-electron chi connectivity index (χ2n) is 6.10. The predicted molar refractivity (Wildman–Crippen MR) is 85.2 cm³/mol. The zero-order chi connectivity index (χ0) is 15.6. The summed E-state index contributed by atoms with van der Waals surface area (Å²) < 4.78 is 10.7. The lowest BCUT2D eigenvalue weighted by Gasteiger charge is -2.21. The third-order valence-corrected chi connectivity index (χ3v) is 3.60. The fourth-order valence-corrected chi connectivity index (χ4v) is 2.63. The van der Waals surface area contributed by atoms with E-state index in [-0.39, 0.29) is 5.41 Å². The van der Waals surface area contributed by atoms with Crippen LogP contribution in [0.2, 0.25) is 0 Å². The zero-order valence-corrected chi connectivity index (χ0v) is 13.7. The fraction of sp³-hybridized carbons (Fsp3) is 0.471. The summed E-state index contributed by atoms with van der Waals surface area (Å²) in [5, 5.41) is 7.71. The maximum Gasteiger partial charge on any atom is 0.161 e. The Kier molecular flexibility index (Phi) is 4.26. The van der Waals surface area contributed by atoms with Gasteiger partial charge in [0.15, 0.2) is 11.5 Å². The Labute approximate surface area is 126 Å². The Bertz CT molecular complexity index is 624. The summed E-state index contributed by atoms with van der Waals surface area (Å²) in [4.78, 5) is 0. The number of ether oxygens (including phenoxy) is 2. The minimum atomic E-state index is 0.0286. The molecule has 114 valence electrons. The van der Waals surface area contributed by atoms with E-state index in [0.29, 0.717) is 0 Å². The van der Waals surface area contributed by atoms with Crippen LogP contribution < -0.4 is 9.47 Å². The van der Waals surface area contributed by atoms with Crippen molar-refractivity contribution in [3.05, 3.63) is 29.5 Å². The number of nitrogens with one attached hydrogen (secondary N) is 1. The number of rotatable bonds is 4. The number of H-pyrrole nitrogens is 1. The lowest BCUT2D eigenvalue weighted by Crippen LogP contribution is -2.14. The first-order chi connectivity index (χ1) is 9.92. The number of aromatic nitrogens is 2. The number of hydrogen-bond donors (Lipinski definition) is 1. The summed E-state index contributed by atoms with van der Waals surface area (Å²) >= 11 is 0. The van der Waals surface area contributed by atoms with Crippen LogP contribution in [0.3, 0.4) is 0 Å². The van der Waals surface area contributed by atoms with Gasteiger partial charge in [0.05, 0.1) is 19.9 Å². The topological polar surface area (TPSA) is 47.1 Å². The average molecular weight is 288 g/mol. The first kappa shape index (κ1) is 15.4. The number of hydrogen-bond acceptors (Lipinski definition) is 3. The van der Waals surface area contributed by atoms with Gasteiger partial charge in [0.25, 0.3) is 0 Å². The molecule has 0 atom stereocenters. The molecule has 0 aliphatic heterocycles. The first-order valence-electron chi connectivity index (χ1n) is 7.22. The largest absolute Gasteiger partial charge is 0.493 e. The van der Waals surface area contributed by atoms with Gasteiger partial charge in [0, 0.05) is 16.8 Å². The summed E-state index contributed by atoms with van der Waals surface area (Å²) in [6.07, 6.45) is 0.937. The van der Waals surface area contributed by atoms with Crippen molar-refractivity contribution in [3.63, 3.8) is 0 Å². The van der Waals surface area contributed by atoms with Crippen molar-refractivity contribution >= 4 is 0 Å². The quantitative estimate of drug-likeness (QED) is 0.926. The van der Waals surface area contributed by atoms with Crippen molar-refractivity contribution < 1.29 is 9.47 Å². The van der Waals surface area contributed by atoms with Gasteiger partial charge in [-0.05, 0) is 30.0 Å². The van der Waals surface area contributed by atoms with Crippen LogP contribution >= 0.6 is 0 Å². The van der Waals surface area contributed by atoms with Gasteiger partial charge >= 0.3 is 0 Å². The van der Waals surface area contributed by atoms with Crippen LogP contribution in [0.15, 0.2) is 18.2 Å². The van der Waals surface area contributed by atoms with Crippen LogP contribution in [-0.2, 0) is 11.8 Å². The van der Waals surface area contributed by atoms with E-state index in [2.05, 4.69) is 37.9 Å². The van der Waals surface area contributed by atoms with Gasteiger partial charge in [-0.2, -0.15) is 5.10 Å². The van der Waals surface area contributed by atoms with Crippen molar-refractivity contribution in [2.75, 3.05) is 14.2 Å². The van der Waals surface area contributed by atoms with Gasteiger partial charge in [-0.3, -0.25) is 5.10 Å². The van der Waals surface area contributed by atoms with Gasteiger partial charge in [-0.15, -0.1) is 0 Å². The molecule has 0 unspecified atom stereocenters. The lowest BCUT2D eigenvalue weighted by molar-refractivity contribution is 0.355. The third-order valence-electron chi connectivity index (χ3n) is 3.60. The van der Waals surface area contributed by atoms with E-state index in [1.807, 2.05) is 18.2 Å². The summed E-state index contributed by atoms with van der Waals surface area (Å²) in [6.45, 7) is 8.77. The normalized spacial score (nSPS) is 11.5. The predicted octanol–water partition coefficient (Wildman–Crippen LogP) is 3.95. The molecule has 1 N–H and O–H groups in total. The summed E-state index contributed by atoms with van der Waals surface area (Å²) in [5.74, 6) is 1.45. The summed E-state index contributed by atoms with van der Waals surface area (Å²) in [6, 6.07) is 5.91. The van der Waals surface area contributed by atoms with Crippen LogP contribution in [0.5, 0.6) is 11.5 Å². The Morgan fingerprint density at radius 2 is 1.76 bits per heavy atom. The van der Waals surface area contributed by atoms with E-state index in [1.54, 1.807) is 14.2 Å². The van der Waals surface area contributed by atoms with Crippen LogP contribution in [0.4, 0.5) is 0 Å². The highest BCUT2D eigenvalue weighted by Crippen LogP contribution is 2.37. The highest BCUT2D eigenvalue weighted by atomic mass is 16.5. The molecule has 0 amide bonds. The molecule has 0 aliphatic carbocycles.